The van der Waals surface area contributed by atoms with Crippen molar-refractivity contribution in [3.8, 4) is 17.1 Å². The maximum absolute atomic E-state index is 13.0. The molecule has 0 aliphatic carbocycles. The number of oxazole rings is 1. The second-order valence-electron chi connectivity index (χ2n) is 6.25. The topological polar surface area (TPSA) is 77.2 Å². The summed E-state index contributed by atoms with van der Waals surface area (Å²) in [5.74, 6) is 1.29. The van der Waals surface area contributed by atoms with Crippen LogP contribution in [0.2, 0.25) is 0 Å². The number of aromatic nitrogens is 2. The molecule has 4 aromatic rings. The molecule has 0 aliphatic heterocycles. The molecule has 1 N–H and O–H groups in total. The van der Waals surface area contributed by atoms with Crippen LogP contribution in [0.1, 0.15) is 19.2 Å². The quantitative estimate of drug-likeness (QED) is 0.460. The van der Waals surface area contributed by atoms with E-state index in [1.54, 1.807) is 18.3 Å². The number of fused-ring (bicyclic) bond motifs is 1. The second kappa shape index (κ2) is 8.40. The summed E-state index contributed by atoms with van der Waals surface area (Å²) in [5, 5.41) is 3.35. The zero-order valence-corrected chi connectivity index (χ0v) is 16.5. The summed E-state index contributed by atoms with van der Waals surface area (Å²) in [6.07, 6.45) is 2.14. The summed E-state index contributed by atoms with van der Waals surface area (Å²) in [6.45, 7) is 2.52. The summed E-state index contributed by atoms with van der Waals surface area (Å²) in [6, 6.07) is 11.6. The standard InChI is InChI=1S/C21H18FN3O3S/c1-2-27-15-7-8-16-18(11-15)29-21(24-16)25-19(26)9-10-20-23-12-17(28-20)13-3-5-14(22)6-4-13/h3-8,11-12H,2,9-10H2,1H3,(H,24,25,26). The largest absolute Gasteiger partial charge is 0.494 e. The van der Waals surface area contributed by atoms with Crippen LogP contribution in [0, 0.1) is 5.82 Å². The van der Waals surface area contributed by atoms with Gasteiger partial charge < -0.3 is 14.5 Å². The third-order valence-electron chi connectivity index (χ3n) is 4.17. The van der Waals surface area contributed by atoms with Gasteiger partial charge in [0, 0.05) is 18.4 Å². The number of anilines is 1. The Balaban J connectivity index is 1.35. The van der Waals surface area contributed by atoms with Gasteiger partial charge in [-0.2, -0.15) is 0 Å². The number of halogens is 1. The average molecular weight is 411 g/mol. The zero-order valence-electron chi connectivity index (χ0n) is 15.6. The molecule has 6 nitrogen and oxygen atoms in total. The van der Waals surface area contributed by atoms with Crippen molar-refractivity contribution in [3.63, 3.8) is 0 Å². The van der Waals surface area contributed by atoms with Gasteiger partial charge in [0.25, 0.3) is 0 Å². The van der Waals surface area contributed by atoms with Gasteiger partial charge in [-0.05, 0) is 49.4 Å². The number of hydrogen-bond donors (Lipinski definition) is 1. The first-order chi connectivity index (χ1) is 14.1. The fourth-order valence-electron chi connectivity index (χ4n) is 2.79. The van der Waals surface area contributed by atoms with E-state index in [2.05, 4.69) is 15.3 Å². The Morgan fingerprint density at radius 2 is 2.07 bits per heavy atom. The molecule has 0 fully saturated rings. The smallest absolute Gasteiger partial charge is 0.226 e. The lowest BCUT2D eigenvalue weighted by molar-refractivity contribution is -0.116. The molecule has 2 aromatic carbocycles. The highest BCUT2D eigenvalue weighted by molar-refractivity contribution is 7.22. The number of hydrogen-bond acceptors (Lipinski definition) is 6. The van der Waals surface area contributed by atoms with Gasteiger partial charge in [0.05, 0.1) is 23.0 Å². The summed E-state index contributed by atoms with van der Waals surface area (Å²) in [7, 11) is 0. The summed E-state index contributed by atoms with van der Waals surface area (Å²) in [5.41, 5.74) is 1.54. The average Bonchev–Trinajstić information content (AvgIpc) is 3.33. The summed E-state index contributed by atoms with van der Waals surface area (Å²) < 4.78 is 25.1. The first kappa shape index (κ1) is 19.1. The van der Waals surface area contributed by atoms with E-state index in [1.165, 1.54) is 23.5 Å². The van der Waals surface area contributed by atoms with Crippen LogP contribution in [-0.4, -0.2) is 22.5 Å². The van der Waals surface area contributed by atoms with Crippen LogP contribution >= 0.6 is 11.3 Å². The number of thiazole rings is 1. The molecule has 0 saturated carbocycles. The number of amides is 1. The van der Waals surface area contributed by atoms with Crippen LogP contribution < -0.4 is 10.1 Å². The van der Waals surface area contributed by atoms with Crippen molar-refractivity contribution in [2.45, 2.75) is 19.8 Å². The zero-order chi connectivity index (χ0) is 20.2. The van der Waals surface area contributed by atoms with Gasteiger partial charge >= 0.3 is 0 Å². The van der Waals surface area contributed by atoms with E-state index in [1.807, 2.05) is 25.1 Å². The Morgan fingerprint density at radius 3 is 2.86 bits per heavy atom. The molecule has 0 radical (unpaired) electrons. The van der Waals surface area contributed by atoms with Crippen LogP contribution in [0.4, 0.5) is 9.52 Å². The fourth-order valence-corrected chi connectivity index (χ4v) is 3.70. The van der Waals surface area contributed by atoms with Crippen molar-refractivity contribution in [2.75, 3.05) is 11.9 Å². The molecule has 0 atom stereocenters. The van der Waals surface area contributed by atoms with Crippen LogP contribution in [0.5, 0.6) is 5.75 Å². The molecule has 0 aliphatic rings. The number of carbonyl (C=O) groups excluding carboxylic acids is 1. The van der Waals surface area contributed by atoms with Gasteiger partial charge in [0.1, 0.15) is 11.6 Å². The minimum Gasteiger partial charge on any atom is -0.494 e. The molecule has 8 heteroatoms. The molecular formula is C21H18FN3O3S. The van der Waals surface area contributed by atoms with E-state index in [0.29, 0.717) is 29.8 Å². The van der Waals surface area contributed by atoms with Gasteiger partial charge in [-0.15, -0.1) is 0 Å². The van der Waals surface area contributed by atoms with Gasteiger partial charge in [0.15, 0.2) is 16.8 Å². The molecule has 29 heavy (non-hydrogen) atoms. The van der Waals surface area contributed by atoms with E-state index in [4.69, 9.17) is 9.15 Å². The van der Waals surface area contributed by atoms with Gasteiger partial charge in [-0.25, -0.2) is 14.4 Å². The van der Waals surface area contributed by atoms with Gasteiger partial charge in [-0.3, -0.25) is 4.79 Å². The van der Waals surface area contributed by atoms with Crippen LogP contribution in [0.25, 0.3) is 21.5 Å². The van der Waals surface area contributed by atoms with Crippen molar-refractivity contribution in [2.24, 2.45) is 0 Å². The monoisotopic (exact) mass is 411 g/mol. The van der Waals surface area contributed by atoms with E-state index >= 15 is 0 Å². The first-order valence-corrected chi connectivity index (χ1v) is 9.96. The lowest BCUT2D eigenvalue weighted by atomic mass is 10.2. The van der Waals surface area contributed by atoms with Crippen molar-refractivity contribution in [1.29, 1.82) is 0 Å². The van der Waals surface area contributed by atoms with E-state index in [-0.39, 0.29) is 18.1 Å². The maximum Gasteiger partial charge on any atom is 0.226 e. The summed E-state index contributed by atoms with van der Waals surface area (Å²) in [4.78, 5) is 20.9. The lowest BCUT2D eigenvalue weighted by Crippen LogP contribution is -2.12. The Labute approximate surface area is 170 Å². The first-order valence-electron chi connectivity index (χ1n) is 9.14. The highest BCUT2D eigenvalue weighted by atomic mass is 32.1. The molecule has 0 spiro atoms. The summed E-state index contributed by atoms with van der Waals surface area (Å²) >= 11 is 1.40. The van der Waals surface area contributed by atoms with E-state index < -0.39 is 0 Å². The molecule has 2 heterocycles. The fraction of sp³-hybridized carbons (Fsp3) is 0.190. The third-order valence-corrected chi connectivity index (χ3v) is 5.10. The Bertz CT molecular complexity index is 1140. The van der Waals surface area contributed by atoms with E-state index in [0.717, 1.165) is 21.5 Å². The normalized spacial score (nSPS) is 11.0. The molecule has 0 saturated heterocycles. The van der Waals surface area contributed by atoms with Crippen LogP contribution in [0.3, 0.4) is 0 Å². The maximum atomic E-state index is 13.0. The van der Waals surface area contributed by atoms with Crippen molar-refractivity contribution < 1.29 is 18.3 Å². The molecule has 2 aromatic heterocycles. The molecule has 0 unspecified atom stereocenters. The molecular weight excluding hydrogens is 393 g/mol. The highest BCUT2D eigenvalue weighted by Gasteiger charge is 2.12. The molecule has 1 amide bonds. The third kappa shape index (κ3) is 4.60. The number of carbonyl (C=O) groups is 1. The number of rotatable bonds is 7. The van der Waals surface area contributed by atoms with Gasteiger partial charge in [0.2, 0.25) is 5.91 Å². The number of benzene rings is 2. The SMILES string of the molecule is CCOc1ccc2nc(NC(=O)CCc3ncc(-c4ccc(F)cc4)o3)sc2c1. The Hall–Kier alpha value is -3.26. The number of nitrogens with one attached hydrogen (secondary N) is 1. The van der Waals surface area contributed by atoms with E-state index in [9.17, 15) is 9.18 Å². The second-order valence-corrected chi connectivity index (χ2v) is 7.29. The van der Waals surface area contributed by atoms with Gasteiger partial charge in [-0.1, -0.05) is 11.3 Å². The van der Waals surface area contributed by atoms with Crippen LogP contribution in [0.15, 0.2) is 53.1 Å². The molecule has 0 bridgehead atoms. The number of aryl methyl sites for hydroxylation is 1. The molecule has 4 rings (SSSR count). The molecule has 148 valence electrons. The Morgan fingerprint density at radius 1 is 1.24 bits per heavy atom. The lowest BCUT2D eigenvalue weighted by Gasteiger charge is -2.00. The predicted molar refractivity (Wildman–Crippen MR) is 110 cm³/mol. The van der Waals surface area contributed by atoms with Crippen molar-refractivity contribution in [3.05, 3.63) is 60.4 Å². The van der Waals surface area contributed by atoms with Crippen molar-refractivity contribution in [1.82, 2.24) is 9.97 Å². The van der Waals surface area contributed by atoms with Crippen LogP contribution in [-0.2, 0) is 11.2 Å². The predicted octanol–water partition coefficient (Wildman–Crippen LogP) is 5.06. The minimum atomic E-state index is -0.311. The minimum absolute atomic E-state index is 0.171. The highest BCUT2D eigenvalue weighted by Crippen LogP contribution is 2.29. The Kier molecular flexibility index (Phi) is 5.53. The number of ether oxygens (including phenoxy) is 1. The van der Waals surface area contributed by atoms with Crippen molar-refractivity contribution >= 4 is 32.6 Å². The number of nitrogens with zero attached hydrogens (tertiary/aromatic N) is 2.